The molecule has 2 heterocycles. The highest BCUT2D eigenvalue weighted by molar-refractivity contribution is 5.77. The van der Waals surface area contributed by atoms with Crippen LogP contribution in [0.3, 0.4) is 0 Å². The van der Waals surface area contributed by atoms with Crippen LogP contribution in [0.1, 0.15) is 37.5 Å². The Kier molecular flexibility index (Phi) is 4.27. The molecule has 2 aliphatic rings. The summed E-state index contributed by atoms with van der Waals surface area (Å²) in [5, 5.41) is 3.46. The summed E-state index contributed by atoms with van der Waals surface area (Å²) in [6, 6.07) is 9.04. The molecule has 2 aliphatic heterocycles. The minimum absolute atomic E-state index is 0.0806. The van der Waals surface area contributed by atoms with Crippen molar-refractivity contribution >= 4 is 5.91 Å². The Morgan fingerprint density at radius 1 is 1.29 bits per heavy atom. The molecule has 3 atom stereocenters. The summed E-state index contributed by atoms with van der Waals surface area (Å²) in [6.45, 7) is 6.54. The predicted octanol–water partition coefficient (Wildman–Crippen LogP) is 1.90. The van der Waals surface area contributed by atoms with Gasteiger partial charge in [-0.2, -0.15) is 0 Å². The molecule has 0 aromatic heterocycles. The SMILES string of the molecule is C[C@@H]1CN(C(=O)C[C@H]2OCCc3ccccc32)C[C@H](C)N1. The fraction of sp³-hybridized carbons (Fsp3) is 0.588. The molecule has 0 unspecified atom stereocenters. The van der Waals surface area contributed by atoms with Crippen molar-refractivity contribution in [2.45, 2.75) is 44.9 Å². The number of rotatable bonds is 2. The summed E-state index contributed by atoms with van der Waals surface area (Å²) in [7, 11) is 0. The maximum absolute atomic E-state index is 12.6. The van der Waals surface area contributed by atoms with Gasteiger partial charge in [0.15, 0.2) is 0 Å². The molecule has 4 nitrogen and oxygen atoms in total. The third-order valence-electron chi connectivity index (χ3n) is 4.36. The molecule has 1 fully saturated rings. The van der Waals surface area contributed by atoms with Crippen LogP contribution in [0, 0.1) is 0 Å². The molecule has 1 aromatic rings. The largest absolute Gasteiger partial charge is 0.373 e. The third kappa shape index (κ3) is 3.27. The second kappa shape index (κ2) is 6.16. The van der Waals surface area contributed by atoms with Crippen LogP contribution in [0.4, 0.5) is 0 Å². The molecule has 0 radical (unpaired) electrons. The second-order valence-corrected chi connectivity index (χ2v) is 6.28. The van der Waals surface area contributed by atoms with Gasteiger partial charge in [0.05, 0.1) is 19.1 Å². The van der Waals surface area contributed by atoms with Crippen LogP contribution in [0.2, 0.25) is 0 Å². The molecule has 0 spiro atoms. The number of carbonyl (C=O) groups is 1. The van der Waals surface area contributed by atoms with Gasteiger partial charge in [-0.25, -0.2) is 0 Å². The molecule has 1 N–H and O–H groups in total. The number of nitrogens with zero attached hydrogens (tertiary/aromatic N) is 1. The fourth-order valence-electron chi connectivity index (χ4n) is 3.46. The number of amides is 1. The van der Waals surface area contributed by atoms with Crippen LogP contribution < -0.4 is 5.32 Å². The number of benzene rings is 1. The highest BCUT2D eigenvalue weighted by atomic mass is 16.5. The Hall–Kier alpha value is -1.39. The summed E-state index contributed by atoms with van der Waals surface area (Å²) in [5.74, 6) is 0.205. The topological polar surface area (TPSA) is 41.6 Å². The van der Waals surface area contributed by atoms with Gasteiger partial charge < -0.3 is 15.0 Å². The molecule has 1 saturated heterocycles. The zero-order chi connectivity index (χ0) is 14.8. The monoisotopic (exact) mass is 288 g/mol. The highest BCUT2D eigenvalue weighted by Crippen LogP contribution is 2.30. The number of piperazine rings is 1. The Bertz CT molecular complexity index is 507. The van der Waals surface area contributed by atoms with Crippen LogP contribution in [0.15, 0.2) is 24.3 Å². The summed E-state index contributed by atoms with van der Waals surface area (Å²) in [4.78, 5) is 14.6. The second-order valence-electron chi connectivity index (χ2n) is 6.28. The van der Waals surface area contributed by atoms with E-state index < -0.39 is 0 Å². The predicted molar refractivity (Wildman–Crippen MR) is 82.1 cm³/mol. The van der Waals surface area contributed by atoms with Gasteiger partial charge in [-0.1, -0.05) is 24.3 Å². The Morgan fingerprint density at radius 3 is 2.76 bits per heavy atom. The van der Waals surface area contributed by atoms with Crippen LogP contribution >= 0.6 is 0 Å². The van der Waals surface area contributed by atoms with E-state index in [1.165, 1.54) is 11.1 Å². The molecule has 21 heavy (non-hydrogen) atoms. The Balaban J connectivity index is 1.68. The van der Waals surface area contributed by atoms with E-state index in [2.05, 4.69) is 37.4 Å². The summed E-state index contributed by atoms with van der Waals surface area (Å²) in [6.07, 6.45) is 1.32. The number of hydrogen-bond donors (Lipinski definition) is 1. The maximum atomic E-state index is 12.6. The van der Waals surface area contributed by atoms with Crippen molar-refractivity contribution in [3.05, 3.63) is 35.4 Å². The number of carbonyl (C=O) groups excluding carboxylic acids is 1. The van der Waals surface area contributed by atoms with Crippen molar-refractivity contribution in [2.75, 3.05) is 19.7 Å². The number of ether oxygens (including phenoxy) is 1. The van der Waals surface area contributed by atoms with Crippen molar-refractivity contribution in [3.8, 4) is 0 Å². The zero-order valence-electron chi connectivity index (χ0n) is 12.8. The maximum Gasteiger partial charge on any atom is 0.225 e. The number of hydrogen-bond acceptors (Lipinski definition) is 3. The average Bonchev–Trinajstić information content (AvgIpc) is 2.46. The van der Waals surface area contributed by atoms with Crippen molar-refractivity contribution < 1.29 is 9.53 Å². The van der Waals surface area contributed by atoms with Crippen molar-refractivity contribution in [2.24, 2.45) is 0 Å². The van der Waals surface area contributed by atoms with E-state index in [4.69, 9.17) is 4.74 Å². The first-order valence-electron chi connectivity index (χ1n) is 7.86. The van der Waals surface area contributed by atoms with Crippen LogP contribution in [-0.2, 0) is 16.0 Å². The lowest BCUT2D eigenvalue weighted by molar-refractivity contribution is -0.136. The smallest absolute Gasteiger partial charge is 0.225 e. The summed E-state index contributed by atoms with van der Waals surface area (Å²) >= 11 is 0. The van der Waals surface area contributed by atoms with E-state index in [1.807, 2.05) is 11.0 Å². The van der Waals surface area contributed by atoms with Gasteiger partial charge in [0.25, 0.3) is 0 Å². The summed E-state index contributed by atoms with van der Waals surface area (Å²) < 4.78 is 5.86. The molecule has 114 valence electrons. The standard InChI is InChI=1S/C17H24N2O2/c1-12-10-19(11-13(2)18-12)17(20)9-16-15-6-4-3-5-14(15)7-8-21-16/h3-6,12-13,16,18H,7-11H2,1-2H3/t12-,13+,16-/m1/s1. The Morgan fingerprint density at radius 2 is 2.00 bits per heavy atom. The molecule has 4 heteroatoms. The Labute approximate surface area is 126 Å². The van der Waals surface area contributed by atoms with E-state index in [0.717, 1.165) is 19.5 Å². The normalized spacial score (nSPS) is 29.0. The first kappa shape index (κ1) is 14.5. The fourth-order valence-corrected chi connectivity index (χ4v) is 3.46. The lowest BCUT2D eigenvalue weighted by atomic mass is 9.95. The van der Waals surface area contributed by atoms with E-state index in [9.17, 15) is 4.79 Å². The number of nitrogens with one attached hydrogen (secondary N) is 1. The van der Waals surface area contributed by atoms with E-state index >= 15 is 0 Å². The molecular formula is C17H24N2O2. The molecule has 1 aromatic carbocycles. The molecule has 3 rings (SSSR count). The first-order valence-corrected chi connectivity index (χ1v) is 7.86. The van der Waals surface area contributed by atoms with Gasteiger partial charge in [0.1, 0.15) is 0 Å². The van der Waals surface area contributed by atoms with Crippen molar-refractivity contribution in [1.82, 2.24) is 10.2 Å². The van der Waals surface area contributed by atoms with Crippen LogP contribution in [0.5, 0.6) is 0 Å². The van der Waals surface area contributed by atoms with Gasteiger partial charge in [-0.15, -0.1) is 0 Å². The van der Waals surface area contributed by atoms with Crippen molar-refractivity contribution in [3.63, 3.8) is 0 Å². The third-order valence-corrected chi connectivity index (χ3v) is 4.36. The molecule has 0 saturated carbocycles. The summed E-state index contributed by atoms with van der Waals surface area (Å²) in [5.41, 5.74) is 2.51. The number of fused-ring (bicyclic) bond motifs is 1. The van der Waals surface area contributed by atoms with Gasteiger partial charge in [-0.05, 0) is 31.4 Å². The lowest BCUT2D eigenvalue weighted by Gasteiger charge is -2.37. The minimum atomic E-state index is -0.0806. The van der Waals surface area contributed by atoms with Gasteiger partial charge in [-0.3, -0.25) is 4.79 Å². The zero-order valence-corrected chi connectivity index (χ0v) is 12.8. The van der Waals surface area contributed by atoms with E-state index in [0.29, 0.717) is 25.1 Å². The van der Waals surface area contributed by atoms with Crippen LogP contribution in [0.25, 0.3) is 0 Å². The minimum Gasteiger partial charge on any atom is -0.373 e. The molecule has 1 amide bonds. The van der Waals surface area contributed by atoms with Crippen molar-refractivity contribution in [1.29, 1.82) is 0 Å². The molecular weight excluding hydrogens is 264 g/mol. The van der Waals surface area contributed by atoms with E-state index in [1.54, 1.807) is 0 Å². The van der Waals surface area contributed by atoms with Gasteiger partial charge in [0.2, 0.25) is 5.91 Å². The van der Waals surface area contributed by atoms with E-state index in [-0.39, 0.29) is 12.0 Å². The average molecular weight is 288 g/mol. The molecule has 0 aliphatic carbocycles. The van der Waals surface area contributed by atoms with Gasteiger partial charge >= 0.3 is 0 Å². The first-order chi connectivity index (χ1) is 10.1. The lowest BCUT2D eigenvalue weighted by Crippen LogP contribution is -2.56. The molecule has 0 bridgehead atoms. The quantitative estimate of drug-likeness (QED) is 0.904. The van der Waals surface area contributed by atoms with Gasteiger partial charge in [0, 0.05) is 25.2 Å². The van der Waals surface area contributed by atoms with Crippen LogP contribution in [-0.4, -0.2) is 42.6 Å². The highest BCUT2D eigenvalue weighted by Gasteiger charge is 2.29.